The number of nitrogens with one attached hydrogen (secondary N) is 1. The predicted molar refractivity (Wildman–Crippen MR) is 105 cm³/mol. The van der Waals surface area contributed by atoms with E-state index >= 15 is 0 Å². The summed E-state index contributed by atoms with van der Waals surface area (Å²) in [6, 6.07) is 9.16. The van der Waals surface area contributed by atoms with Crippen molar-refractivity contribution in [1.82, 2.24) is 30.0 Å². The van der Waals surface area contributed by atoms with E-state index < -0.39 is 5.25 Å². The lowest BCUT2D eigenvalue weighted by atomic mass is 10.3. The van der Waals surface area contributed by atoms with Crippen LogP contribution in [0.3, 0.4) is 0 Å². The largest absolute Gasteiger partial charge is 0.310 e. The van der Waals surface area contributed by atoms with Gasteiger partial charge in [-0.3, -0.25) is 4.79 Å². The van der Waals surface area contributed by atoms with Crippen LogP contribution in [0.15, 0.2) is 41.7 Å². The number of tetrazole rings is 1. The average molecular weight is 406 g/mol. The molecule has 0 spiro atoms. The Morgan fingerprint density at radius 3 is 2.70 bits per heavy atom. The van der Waals surface area contributed by atoms with Crippen LogP contribution in [0.5, 0.6) is 0 Å². The zero-order valence-electron chi connectivity index (χ0n) is 15.2. The van der Waals surface area contributed by atoms with Gasteiger partial charge >= 0.3 is 0 Å². The van der Waals surface area contributed by atoms with Gasteiger partial charge in [0.2, 0.25) is 11.1 Å². The number of amides is 1. The Balaban J connectivity index is 1.70. The minimum absolute atomic E-state index is 0.143. The highest BCUT2D eigenvalue weighted by Gasteiger charge is 2.21. The van der Waals surface area contributed by atoms with Gasteiger partial charge < -0.3 is 5.32 Å². The predicted octanol–water partition coefficient (Wildman–Crippen LogP) is 3.60. The lowest BCUT2D eigenvalue weighted by molar-refractivity contribution is -0.115. The lowest BCUT2D eigenvalue weighted by Gasteiger charge is -2.16. The average Bonchev–Trinajstić information content (AvgIpc) is 3.31. The summed E-state index contributed by atoms with van der Waals surface area (Å²) in [5.41, 5.74) is 0.773. The van der Waals surface area contributed by atoms with Gasteiger partial charge in [-0.25, -0.2) is 4.68 Å². The summed E-state index contributed by atoms with van der Waals surface area (Å²) >= 11 is 7.20. The van der Waals surface area contributed by atoms with E-state index in [1.807, 2.05) is 23.7 Å². The molecule has 1 N–H and O–H groups in total. The van der Waals surface area contributed by atoms with Crippen LogP contribution in [-0.2, 0) is 4.79 Å². The first kappa shape index (κ1) is 19.4. The van der Waals surface area contributed by atoms with Gasteiger partial charge in [0.15, 0.2) is 0 Å². The zero-order valence-corrected chi connectivity index (χ0v) is 16.8. The molecular weight excluding hydrogens is 386 g/mol. The number of hydrogen-bond donors (Lipinski definition) is 1. The van der Waals surface area contributed by atoms with Gasteiger partial charge in [-0.15, -0.1) is 5.10 Å². The molecule has 0 aliphatic heterocycles. The molecule has 142 valence electrons. The van der Waals surface area contributed by atoms with Crippen molar-refractivity contribution < 1.29 is 4.79 Å². The maximum atomic E-state index is 12.6. The van der Waals surface area contributed by atoms with Gasteiger partial charge in [0.05, 0.1) is 23.2 Å². The molecule has 0 saturated heterocycles. The number of halogens is 1. The molecule has 1 aromatic carbocycles. The Hall–Kier alpha value is -2.39. The summed E-state index contributed by atoms with van der Waals surface area (Å²) in [5.74, 6) is 0.537. The highest BCUT2D eigenvalue weighted by molar-refractivity contribution is 8.00. The van der Waals surface area contributed by atoms with Crippen LogP contribution in [0.1, 0.15) is 33.2 Å². The van der Waals surface area contributed by atoms with Crippen LogP contribution < -0.4 is 5.32 Å². The third-order valence-electron chi connectivity index (χ3n) is 4.09. The fraction of sp³-hybridized carbons (Fsp3) is 0.353. The van der Waals surface area contributed by atoms with Gasteiger partial charge in [0.1, 0.15) is 5.82 Å². The third-order valence-corrected chi connectivity index (χ3v) is 5.38. The Bertz CT molecular complexity index is 908. The molecule has 2 heterocycles. The van der Waals surface area contributed by atoms with Crippen molar-refractivity contribution >= 4 is 35.1 Å². The second kappa shape index (κ2) is 8.53. The van der Waals surface area contributed by atoms with E-state index in [4.69, 9.17) is 11.6 Å². The van der Waals surface area contributed by atoms with Crippen LogP contribution in [0.4, 0.5) is 5.82 Å². The maximum Gasteiger partial charge on any atom is 0.238 e. The number of carbonyl (C=O) groups excluding carboxylic acids is 1. The Kier molecular flexibility index (Phi) is 6.12. The van der Waals surface area contributed by atoms with Crippen LogP contribution in [-0.4, -0.2) is 41.1 Å². The summed E-state index contributed by atoms with van der Waals surface area (Å²) in [7, 11) is 0. The molecule has 2 atom stereocenters. The number of benzene rings is 1. The minimum atomic E-state index is -0.401. The fourth-order valence-electron chi connectivity index (χ4n) is 2.37. The Morgan fingerprint density at radius 1 is 1.26 bits per heavy atom. The number of aromatic nitrogens is 6. The molecule has 0 radical (unpaired) electrons. The van der Waals surface area contributed by atoms with Gasteiger partial charge in [-0.05, 0) is 55.0 Å². The summed E-state index contributed by atoms with van der Waals surface area (Å²) in [6.45, 7) is 5.94. The minimum Gasteiger partial charge on any atom is -0.310 e. The van der Waals surface area contributed by atoms with E-state index in [1.165, 1.54) is 11.8 Å². The smallest absolute Gasteiger partial charge is 0.238 e. The summed E-state index contributed by atoms with van der Waals surface area (Å²) in [6.07, 6.45) is 2.60. The van der Waals surface area contributed by atoms with E-state index in [0.29, 0.717) is 16.0 Å². The van der Waals surface area contributed by atoms with Crippen LogP contribution in [0, 0.1) is 0 Å². The van der Waals surface area contributed by atoms with Gasteiger partial charge in [-0.1, -0.05) is 30.3 Å². The second-order valence-electron chi connectivity index (χ2n) is 6.02. The Labute approximate surface area is 166 Å². The van der Waals surface area contributed by atoms with Crippen molar-refractivity contribution in [3.05, 3.63) is 41.6 Å². The first-order chi connectivity index (χ1) is 13.0. The molecule has 0 fully saturated rings. The topological polar surface area (TPSA) is 90.5 Å². The van der Waals surface area contributed by atoms with Gasteiger partial charge in [-0.2, -0.15) is 9.78 Å². The standard InChI is InChI=1S/C17H20ClN7OS/c1-4-11(2)24-15(9-10-19-24)20-16(26)12(3)27-17-21-22-23-25(17)14-7-5-13(18)6-8-14/h5-12H,4H2,1-3H3,(H,20,26)/t11-,12+/m0/s1. The number of carbonyl (C=O) groups is 1. The summed E-state index contributed by atoms with van der Waals surface area (Å²) in [5, 5.41) is 19.7. The number of nitrogens with zero attached hydrogens (tertiary/aromatic N) is 6. The third kappa shape index (κ3) is 4.48. The van der Waals surface area contributed by atoms with Crippen molar-refractivity contribution in [2.75, 3.05) is 5.32 Å². The fourth-order valence-corrected chi connectivity index (χ4v) is 3.31. The molecule has 0 bridgehead atoms. The van der Waals surface area contributed by atoms with Gasteiger partial charge in [0.25, 0.3) is 0 Å². The highest BCUT2D eigenvalue weighted by Crippen LogP contribution is 2.25. The van der Waals surface area contributed by atoms with E-state index in [9.17, 15) is 4.79 Å². The van der Waals surface area contributed by atoms with E-state index in [-0.39, 0.29) is 11.9 Å². The van der Waals surface area contributed by atoms with Crippen molar-refractivity contribution in [1.29, 1.82) is 0 Å². The molecular formula is C17H20ClN7OS. The van der Waals surface area contributed by atoms with Crippen LogP contribution in [0.2, 0.25) is 5.02 Å². The monoisotopic (exact) mass is 405 g/mol. The van der Waals surface area contributed by atoms with Crippen molar-refractivity contribution in [2.24, 2.45) is 0 Å². The zero-order chi connectivity index (χ0) is 19.4. The molecule has 3 rings (SSSR count). The molecule has 27 heavy (non-hydrogen) atoms. The van der Waals surface area contributed by atoms with Gasteiger partial charge in [0, 0.05) is 11.1 Å². The molecule has 0 aliphatic carbocycles. The van der Waals surface area contributed by atoms with E-state index in [0.717, 1.165) is 12.1 Å². The molecule has 1 amide bonds. The first-order valence-corrected chi connectivity index (χ1v) is 9.80. The van der Waals surface area contributed by atoms with E-state index in [1.54, 1.807) is 29.1 Å². The highest BCUT2D eigenvalue weighted by atomic mass is 35.5. The number of anilines is 1. The summed E-state index contributed by atoms with van der Waals surface area (Å²) < 4.78 is 3.39. The Morgan fingerprint density at radius 2 is 2.00 bits per heavy atom. The lowest BCUT2D eigenvalue weighted by Crippen LogP contribution is -2.25. The molecule has 2 aromatic heterocycles. The normalized spacial score (nSPS) is 13.3. The molecule has 3 aromatic rings. The number of hydrogen-bond acceptors (Lipinski definition) is 6. The molecule has 0 unspecified atom stereocenters. The number of rotatable bonds is 7. The first-order valence-electron chi connectivity index (χ1n) is 8.55. The molecule has 8 nitrogen and oxygen atoms in total. The van der Waals surface area contributed by atoms with Crippen molar-refractivity contribution in [3.63, 3.8) is 0 Å². The summed E-state index contributed by atoms with van der Waals surface area (Å²) in [4.78, 5) is 12.6. The second-order valence-corrected chi connectivity index (χ2v) is 7.76. The SMILES string of the molecule is CC[C@H](C)n1nccc1NC(=O)[C@@H](C)Sc1nnnn1-c1ccc(Cl)cc1. The van der Waals surface area contributed by atoms with Crippen LogP contribution >= 0.6 is 23.4 Å². The quantitative estimate of drug-likeness (QED) is 0.604. The molecule has 0 aliphatic rings. The maximum absolute atomic E-state index is 12.6. The molecule has 10 heteroatoms. The number of thioether (sulfide) groups is 1. The molecule has 0 saturated carbocycles. The van der Waals surface area contributed by atoms with E-state index in [2.05, 4.69) is 39.8 Å². The van der Waals surface area contributed by atoms with Crippen molar-refractivity contribution in [3.8, 4) is 5.69 Å². The van der Waals surface area contributed by atoms with Crippen LogP contribution in [0.25, 0.3) is 5.69 Å². The van der Waals surface area contributed by atoms with Crippen molar-refractivity contribution in [2.45, 2.75) is 43.6 Å².